The molecule has 0 saturated heterocycles. The van der Waals surface area contributed by atoms with Gasteiger partial charge in [-0.2, -0.15) is 0 Å². The van der Waals surface area contributed by atoms with Gasteiger partial charge in [-0.05, 0) is 30.9 Å². The number of likely N-dealkylation sites (N-methyl/N-ethyl adjacent to an activating group) is 1. The normalized spacial score (nSPS) is 11.2. The Morgan fingerprint density at radius 1 is 1.28 bits per heavy atom. The van der Waals surface area contributed by atoms with Crippen molar-refractivity contribution in [3.8, 4) is 0 Å². The van der Waals surface area contributed by atoms with E-state index >= 15 is 0 Å². The summed E-state index contributed by atoms with van der Waals surface area (Å²) in [5.41, 5.74) is 0.815. The summed E-state index contributed by atoms with van der Waals surface area (Å²) in [4.78, 5) is 15.5. The molecule has 0 saturated carbocycles. The minimum Gasteiger partial charge on any atom is -0.296 e. The standard InChI is InChI=1S/C15H23NOS/c1-5-16(10-12(2)3)11-15(17)13-6-8-14(18-4)9-7-13/h6-9,12H,5,10-11H2,1-4H3. The molecule has 1 aromatic rings. The van der Waals surface area contributed by atoms with Crippen molar-refractivity contribution in [3.63, 3.8) is 0 Å². The third-order valence-electron chi connectivity index (χ3n) is 2.85. The fraction of sp³-hybridized carbons (Fsp3) is 0.533. The van der Waals surface area contributed by atoms with E-state index in [1.54, 1.807) is 11.8 Å². The highest BCUT2D eigenvalue weighted by Gasteiger charge is 2.12. The topological polar surface area (TPSA) is 20.3 Å². The molecule has 0 aliphatic carbocycles. The first kappa shape index (κ1) is 15.3. The third kappa shape index (κ3) is 4.83. The second-order valence-electron chi connectivity index (χ2n) is 4.87. The molecule has 0 amide bonds. The number of Topliss-reactive ketones (excluding diaryl/α,β-unsaturated/α-hetero) is 1. The predicted molar refractivity (Wildman–Crippen MR) is 79.5 cm³/mol. The number of hydrogen-bond acceptors (Lipinski definition) is 3. The highest BCUT2D eigenvalue weighted by atomic mass is 32.2. The number of ketones is 1. The first-order chi connectivity index (χ1) is 8.56. The second kappa shape index (κ2) is 7.59. The van der Waals surface area contributed by atoms with Gasteiger partial charge in [0.15, 0.2) is 5.78 Å². The van der Waals surface area contributed by atoms with Crippen LogP contribution in [-0.4, -0.2) is 36.6 Å². The Hall–Kier alpha value is -0.800. The summed E-state index contributed by atoms with van der Waals surface area (Å²) in [7, 11) is 0. The van der Waals surface area contributed by atoms with Crippen LogP contribution in [0.5, 0.6) is 0 Å². The second-order valence-corrected chi connectivity index (χ2v) is 5.75. The van der Waals surface area contributed by atoms with Crippen molar-refractivity contribution in [1.29, 1.82) is 0 Å². The van der Waals surface area contributed by atoms with Crippen LogP contribution < -0.4 is 0 Å². The minimum absolute atomic E-state index is 0.213. The van der Waals surface area contributed by atoms with Crippen LogP contribution in [0.3, 0.4) is 0 Å². The fourth-order valence-electron chi connectivity index (χ4n) is 1.89. The molecule has 100 valence electrons. The molecule has 0 fully saturated rings. The monoisotopic (exact) mass is 265 g/mol. The Balaban J connectivity index is 2.62. The molecule has 0 spiro atoms. The highest BCUT2D eigenvalue weighted by molar-refractivity contribution is 7.98. The number of thioether (sulfide) groups is 1. The number of carbonyl (C=O) groups excluding carboxylic acids is 1. The summed E-state index contributed by atoms with van der Waals surface area (Å²) in [6.45, 7) is 8.89. The Kier molecular flexibility index (Phi) is 6.44. The van der Waals surface area contributed by atoms with E-state index in [0.29, 0.717) is 12.5 Å². The molecule has 0 heterocycles. The highest BCUT2D eigenvalue weighted by Crippen LogP contribution is 2.15. The number of rotatable bonds is 7. The van der Waals surface area contributed by atoms with Crippen molar-refractivity contribution in [2.24, 2.45) is 5.92 Å². The summed E-state index contributed by atoms with van der Waals surface area (Å²) in [5, 5.41) is 0. The fourth-order valence-corrected chi connectivity index (χ4v) is 2.30. The van der Waals surface area contributed by atoms with E-state index < -0.39 is 0 Å². The molecule has 2 nitrogen and oxygen atoms in total. The van der Waals surface area contributed by atoms with E-state index in [9.17, 15) is 4.79 Å². The largest absolute Gasteiger partial charge is 0.296 e. The molecule has 0 aliphatic rings. The molecule has 0 aromatic heterocycles. The number of benzene rings is 1. The summed E-state index contributed by atoms with van der Waals surface area (Å²) in [5.74, 6) is 0.807. The van der Waals surface area contributed by atoms with Gasteiger partial charge in [-0.25, -0.2) is 0 Å². The molecule has 0 atom stereocenters. The summed E-state index contributed by atoms with van der Waals surface area (Å²) < 4.78 is 0. The van der Waals surface area contributed by atoms with Crippen LogP contribution in [0, 0.1) is 5.92 Å². The summed E-state index contributed by atoms with van der Waals surface area (Å²) >= 11 is 1.69. The molecule has 0 N–H and O–H groups in total. The summed E-state index contributed by atoms with van der Waals surface area (Å²) in [6, 6.07) is 7.88. The molecule has 0 aliphatic heterocycles. The lowest BCUT2D eigenvalue weighted by atomic mass is 10.1. The van der Waals surface area contributed by atoms with E-state index in [4.69, 9.17) is 0 Å². The average Bonchev–Trinajstić information content (AvgIpc) is 2.37. The van der Waals surface area contributed by atoms with Gasteiger partial charge < -0.3 is 0 Å². The van der Waals surface area contributed by atoms with Gasteiger partial charge in [0, 0.05) is 17.0 Å². The molecule has 1 aromatic carbocycles. The van der Waals surface area contributed by atoms with Gasteiger partial charge in [-0.3, -0.25) is 9.69 Å². The Labute approximate surface area is 115 Å². The third-order valence-corrected chi connectivity index (χ3v) is 3.59. The van der Waals surface area contributed by atoms with Gasteiger partial charge >= 0.3 is 0 Å². The maximum absolute atomic E-state index is 12.1. The van der Waals surface area contributed by atoms with Crippen LogP contribution in [0.4, 0.5) is 0 Å². The number of carbonyl (C=O) groups is 1. The quantitative estimate of drug-likeness (QED) is 0.555. The molecule has 18 heavy (non-hydrogen) atoms. The van der Waals surface area contributed by atoms with Gasteiger partial charge in [0.05, 0.1) is 6.54 Å². The van der Waals surface area contributed by atoms with Crippen molar-refractivity contribution in [3.05, 3.63) is 29.8 Å². The van der Waals surface area contributed by atoms with Crippen molar-refractivity contribution in [2.45, 2.75) is 25.7 Å². The first-order valence-corrected chi connectivity index (χ1v) is 7.68. The number of nitrogens with zero attached hydrogens (tertiary/aromatic N) is 1. The van der Waals surface area contributed by atoms with E-state index in [1.807, 2.05) is 30.5 Å². The lowest BCUT2D eigenvalue weighted by Crippen LogP contribution is -2.32. The average molecular weight is 265 g/mol. The maximum atomic E-state index is 12.1. The van der Waals surface area contributed by atoms with Crippen molar-refractivity contribution in [1.82, 2.24) is 4.90 Å². The molecule has 0 radical (unpaired) electrons. The van der Waals surface area contributed by atoms with Crippen LogP contribution in [0.25, 0.3) is 0 Å². The molecular formula is C15H23NOS. The lowest BCUT2D eigenvalue weighted by Gasteiger charge is -2.21. The Morgan fingerprint density at radius 2 is 1.89 bits per heavy atom. The van der Waals surface area contributed by atoms with Crippen LogP contribution in [-0.2, 0) is 0 Å². The Bertz CT molecular complexity index is 373. The number of hydrogen-bond donors (Lipinski definition) is 0. The molecule has 1 rings (SSSR count). The molecule has 0 unspecified atom stereocenters. The minimum atomic E-state index is 0.213. The van der Waals surface area contributed by atoms with Gasteiger partial charge in [0.1, 0.15) is 0 Å². The zero-order chi connectivity index (χ0) is 13.5. The first-order valence-electron chi connectivity index (χ1n) is 6.46. The van der Waals surface area contributed by atoms with E-state index in [1.165, 1.54) is 4.90 Å². The molecule has 3 heteroatoms. The maximum Gasteiger partial charge on any atom is 0.176 e. The smallest absolute Gasteiger partial charge is 0.176 e. The van der Waals surface area contributed by atoms with Crippen molar-refractivity contribution in [2.75, 3.05) is 25.9 Å². The van der Waals surface area contributed by atoms with Crippen LogP contribution in [0.15, 0.2) is 29.2 Å². The Morgan fingerprint density at radius 3 is 2.33 bits per heavy atom. The van der Waals surface area contributed by atoms with Gasteiger partial charge in [0.2, 0.25) is 0 Å². The van der Waals surface area contributed by atoms with E-state index in [-0.39, 0.29) is 5.78 Å². The predicted octanol–water partition coefficient (Wildman–Crippen LogP) is 3.57. The van der Waals surface area contributed by atoms with Crippen LogP contribution >= 0.6 is 11.8 Å². The van der Waals surface area contributed by atoms with Gasteiger partial charge in [-0.1, -0.05) is 32.9 Å². The lowest BCUT2D eigenvalue weighted by molar-refractivity contribution is 0.0926. The van der Waals surface area contributed by atoms with Crippen molar-refractivity contribution < 1.29 is 4.79 Å². The SMILES string of the molecule is CCN(CC(=O)c1ccc(SC)cc1)CC(C)C. The van der Waals surface area contributed by atoms with E-state index in [0.717, 1.165) is 18.7 Å². The van der Waals surface area contributed by atoms with E-state index in [2.05, 4.69) is 25.7 Å². The summed E-state index contributed by atoms with van der Waals surface area (Å²) in [6.07, 6.45) is 2.04. The zero-order valence-corrected chi connectivity index (χ0v) is 12.6. The molecule has 0 bridgehead atoms. The molecular weight excluding hydrogens is 242 g/mol. The van der Waals surface area contributed by atoms with Gasteiger partial charge in [-0.15, -0.1) is 11.8 Å². The van der Waals surface area contributed by atoms with Gasteiger partial charge in [0.25, 0.3) is 0 Å². The van der Waals surface area contributed by atoms with Crippen LogP contribution in [0.1, 0.15) is 31.1 Å². The van der Waals surface area contributed by atoms with Crippen LogP contribution in [0.2, 0.25) is 0 Å². The zero-order valence-electron chi connectivity index (χ0n) is 11.8. The van der Waals surface area contributed by atoms with Crippen molar-refractivity contribution >= 4 is 17.5 Å².